The van der Waals surface area contributed by atoms with Crippen molar-refractivity contribution in [2.45, 2.75) is 103 Å². The molecule has 0 fully saturated rings. The molecule has 0 atom stereocenters. The van der Waals surface area contributed by atoms with Crippen molar-refractivity contribution in [3.8, 4) is 11.1 Å². The summed E-state index contributed by atoms with van der Waals surface area (Å²) in [6, 6.07) is 42.3. The van der Waals surface area contributed by atoms with Crippen LogP contribution in [0.4, 0.5) is 28.4 Å². The van der Waals surface area contributed by atoms with Gasteiger partial charge in [-0.2, -0.15) is 0 Å². The quantitative estimate of drug-likeness (QED) is 0.129. The maximum Gasteiger partial charge on any atom is 0.198 e. The molecular formula is C52H53BN2S. The summed E-state index contributed by atoms with van der Waals surface area (Å²) in [5.74, 6) is 0. The number of aryl methyl sites for hydroxylation is 1. The molecule has 3 aliphatic rings. The first-order valence-electron chi connectivity index (χ1n) is 21.0. The Kier molecular flexibility index (Phi) is 8.18. The summed E-state index contributed by atoms with van der Waals surface area (Å²) < 4.78 is 2.68. The standard InChI is InChI=1S/C52H53BN2S/c1-8-9-10-16-32-29-35(48-43(30-32)55-42-21-13-12-18-37(42)52(6,7)38-19-15-20-40(53-48)49(38)55)46-41(25-26-45-47(46)34-17-11-14-22-44(34)56-45)54-33-23-24-36-39(31-33)51(4,5)28-27-50(36,2)3/h11-15,17-26,29-31,53-54H,8-10,16,27-28H2,1-7H3. The van der Waals surface area contributed by atoms with Gasteiger partial charge in [-0.15, -0.1) is 11.3 Å². The highest BCUT2D eigenvalue weighted by Crippen LogP contribution is 2.53. The molecule has 10 rings (SSSR count). The number of hydrogen-bond acceptors (Lipinski definition) is 3. The highest BCUT2D eigenvalue weighted by Gasteiger charge is 2.41. The van der Waals surface area contributed by atoms with Crippen LogP contribution in [0, 0.1) is 0 Å². The van der Waals surface area contributed by atoms with Gasteiger partial charge in [-0.3, -0.25) is 0 Å². The first-order valence-corrected chi connectivity index (χ1v) is 21.8. The van der Waals surface area contributed by atoms with E-state index in [9.17, 15) is 0 Å². The molecule has 1 aromatic heterocycles. The molecule has 0 amide bonds. The fourth-order valence-electron chi connectivity index (χ4n) is 10.5. The van der Waals surface area contributed by atoms with E-state index in [4.69, 9.17) is 0 Å². The molecule has 0 saturated heterocycles. The van der Waals surface area contributed by atoms with Gasteiger partial charge in [0.25, 0.3) is 0 Å². The van der Waals surface area contributed by atoms with Crippen LogP contribution in [0.25, 0.3) is 31.3 Å². The summed E-state index contributed by atoms with van der Waals surface area (Å²) in [6.07, 6.45) is 7.14. The van der Waals surface area contributed by atoms with E-state index in [2.05, 4.69) is 168 Å². The highest BCUT2D eigenvalue weighted by molar-refractivity contribution is 7.26. The zero-order valence-electron chi connectivity index (χ0n) is 34.2. The predicted molar refractivity (Wildman–Crippen MR) is 246 cm³/mol. The third kappa shape index (κ3) is 5.42. The largest absolute Gasteiger partial charge is 0.355 e. The van der Waals surface area contributed by atoms with Crippen LogP contribution in [0.1, 0.15) is 108 Å². The topological polar surface area (TPSA) is 15.3 Å². The minimum Gasteiger partial charge on any atom is -0.355 e. The smallest absolute Gasteiger partial charge is 0.198 e. The van der Waals surface area contributed by atoms with E-state index >= 15 is 0 Å². The van der Waals surface area contributed by atoms with Gasteiger partial charge in [0.2, 0.25) is 0 Å². The second-order valence-corrected chi connectivity index (χ2v) is 19.8. The number of hydrogen-bond donors (Lipinski definition) is 1. The number of fused-ring (bicyclic) bond motifs is 8. The first kappa shape index (κ1) is 35.6. The number of unbranched alkanes of at least 4 members (excludes halogenated alkanes) is 2. The molecule has 0 unspecified atom stereocenters. The maximum atomic E-state index is 4.09. The summed E-state index contributed by atoms with van der Waals surface area (Å²) in [4.78, 5) is 2.64. The number of nitrogens with zero attached hydrogens (tertiary/aromatic N) is 1. The van der Waals surface area contributed by atoms with Crippen LogP contribution in [0.2, 0.25) is 0 Å². The molecule has 6 aromatic carbocycles. The van der Waals surface area contributed by atoms with Crippen molar-refractivity contribution in [2.75, 3.05) is 10.2 Å². The predicted octanol–water partition coefficient (Wildman–Crippen LogP) is 13.4. The van der Waals surface area contributed by atoms with E-state index in [1.165, 1.54) is 131 Å². The lowest BCUT2D eigenvalue weighted by molar-refractivity contribution is 0.332. The van der Waals surface area contributed by atoms with E-state index < -0.39 is 0 Å². The monoisotopic (exact) mass is 748 g/mol. The van der Waals surface area contributed by atoms with Crippen LogP contribution in [-0.2, 0) is 22.7 Å². The van der Waals surface area contributed by atoms with Crippen molar-refractivity contribution in [1.82, 2.24) is 0 Å². The summed E-state index contributed by atoms with van der Waals surface area (Å²) >= 11 is 1.92. The Morgan fingerprint density at radius 3 is 2.29 bits per heavy atom. The molecule has 0 saturated carbocycles. The zero-order valence-corrected chi connectivity index (χ0v) is 35.0. The minimum atomic E-state index is -0.0889. The second kappa shape index (κ2) is 12.9. The first-order chi connectivity index (χ1) is 27.0. The number of thiophene rings is 1. The maximum absolute atomic E-state index is 4.09. The van der Waals surface area contributed by atoms with Gasteiger partial charge in [0, 0.05) is 53.9 Å². The normalized spacial score (nSPS) is 16.8. The average molecular weight is 749 g/mol. The molecule has 7 aromatic rings. The van der Waals surface area contributed by atoms with Crippen molar-refractivity contribution >= 4 is 78.2 Å². The number of rotatable bonds is 7. The van der Waals surface area contributed by atoms with Crippen LogP contribution < -0.4 is 21.1 Å². The van der Waals surface area contributed by atoms with Crippen molar-refractivity contribution in [1.29, 1.82) is 0 Å². The fourth-order valence-corrected chi connectivity index (χ4v) is 11.6. The van der Waals surface area contributed by atoms with E-state index in [0.717, 1.165) is 13.7 Å². The number of anilines is 5. The van der Waals surface area contributed by atoms with Gasteiger partial charge in [0.15, 0.2) is 7.28 Å². The molecule has 56 heavy (non-hydrogen) atoms. The van der Waals surface area contributed by atoms with Crippen LogP contribution in [0.5, 0.6) is 0 Å². The molecule has 0 spiro atoms. The third-order valence-electron chi connectivity index (χ3n) is 13.7. The van der Waals surface area contributed by atoms with Gasteiger partial charge < -0.3 is 10.2 Å². The van der Waals surface area contributed by atoms with Crippen molar-refractivity contribution in [3.05, 3.63) is 137 Å². The number of nitrogens with one attached hydrogen (secondary N) is 1. The molecule has 3 heterocycles. The summed E-state index contributed by atoms with van der Waals surface area (Å²) in [6.45, 7) is 16.8. The molecule has 2 aliphatic heterocycles. The molecule has 0 radical (unpaired) electrons. The molecule has 2 nitrogen and oxygen atoms in total. The van der Waals surface area contributed by atoms with Gasteiger partial charge in [0.1, 0.15) is 0 Å². The van der Waals surface area contributed by atoms with E-state index in [-0.39, 0.29) is 16.2 Å². The minimum absolute atomic E-state index is 0.0889. The van der Waals surface area contributed by atoms with E-state index in [0.29, 0.717) is 0 Å². The average Bonchev–Trinajstić information content (AvgIpc) is 3.57. The Balaban J connectivity index is 1.25. The Bertz CT molecular complexity index is 2710. The van der Waals surface area contributed by atoms with Gasteiger partial charge >= 0.3 is 0 Å². The van der Waals surface area contributed by atoms with Crippen LogP contribution in [0.15, 0.2) is 109 Å². The Morgan fingerprint density at radius 2 is 1.45 bits per heavy atom. The second-order valence-electron chi connectivity index (χ2n) is 18.7. The molecular weight excluding hydrogens is 695 g/mol. The Hall–Kier alpha value is -4.80. The van der Waals surface area contributed by atoms with Crippen molar-refractivity contribution < 1.29 is 0 Å². The van der Waals surface area contributed by atoms with Crippen molar-refractivity contribution in [2.24, 2.45) is 0 Å². The fraction of sp³-hybridized carbons (Fsp3) is 0.308. The summed E-state index contributed by atoms with van der Waals surface area (Å²) in [7, 11) is 0.901. The molecule has 1 N–H and O–H groups in total. The lowest BCUT2D eigenvalue weighted by atomic mass is 9.55. The van der Waals surface area contributed by atoms with E-state index in [1.807, 2.05) is 11.3 Å². The van der Waals surface area contributed by atoms with Crippen molar-refractivity contribution in [3.63, 3.8) is 0 Å². The third-order valence-corrected chi connectivity index (χ3v) is 14.9. The molecule has 0 bridgehead atoms. The van der Waals surface area contributed by atoms with Gasteiger partial charge in [-0.05, 0) is 118 Å². The van der Waals surface area contributed by atoms with Crippen LogP contribution in [0.3, 0.4) is 0 Å². The van der Waals surface area contributed by atoms with E-state index in [1.54, 1.807) is 0 Å². The SMILES string of the molecule is CCCCCc1cc(-c2c(Nc3ccc4c(c3)C(C)(C)CCC4(C)C)ccc3sc4ccccc4c23)c2c(c1)N1c3ccccc3C(C)(C)c3cccc(c31)B2. The number of benzene rings is 6. The molecule has 1 aliphatic carbocycles. The van der Waals surface area contributed by atoms with Crippen LogP contribution in [-0.4, -0.2) is 7.28 Å². The number of para-hydroxylation sites is 2. The lowest BCUT2D eigenvalue weighted by Crippen LogP contribution is -2.45. The van der Waals surface area contributed by atoms with Crippen LogP contribution >= 0.6 is 11.3 Å². The Morgan fingerprint density at radius 1 is 0.679 bits per heavy atom. The highest BCUT2D eigenvalue weighted by atomic mass is 32.1. The summed E-state index contributed by atoms with van der Waals surface area (Å²) in [5, 5.41) is 6.80. The molecule has 4 heteroatoms. The van der Waals surface area contributed by atoms with Gasteiger partial charge in [-0.25, -0.2) is 0 Å². The zero-order chi connectivity index (χ0) is 38.6. The lowest BCUT2D eigenvalue weighted by Gasteiger charge is -2.46. The summed E-state index contributed by atoms with van der Waals surface area (Å²) in [5.41, 5.74) is 19.4. The van der Waals surface area contributed by atoms with Gasteiger partial charge in [-0.1, -0.05) is 134 Å². The van der Waals surface area contributed by atoms with Gasteiger partial charge in [0.05, 0.1) is 5.69 Å². The molecule has 280 valence electrons. The Labute approximate surface area is 338 Å².